The molecule has 15 heavy (non-hydrogen) atoms. The lowest BCUT2D eigenvalue weighted by Gasteiger charge is -2.15. The Kier molecular flexibility index (Phi) is 4.17. The molecule has 2 nitrogen and oxygen atoms in total. The second-order valence-electron chi connectivity index (χ2n) is 3.13. The summed E-state index contributed by atoms with van der Waals surface area (Å²) < 4.78 is 36.7. The molecule has 4 heteroatoms. The van der Waals surface area contributed by atoms with Gasteiger partial charge in [0, 0.05) is 14.2 Å². The van der Waals surface area contributed by atoms with Gasteiger partial charge in [-0.1, -0.05) is 6.92 Å². The van der Waals surface area contributed by atoms with E-state index in [0.717, 1.165) is 0 Å². The lowest BCUT2D eigenvalue weighted by Crippen LogP contribution is -2.09. The number of methoxy groups -OCH3 is 2. The van der Waals surface area contributed by atoms with Crippen molar-refractivity contribution in [3.8, 4) is 0 Å². The molecule has 0 saturated carbocycles. The maximum absolute atomic E-state index is 13.5. The van der Waals surface area contributed by atoms with Crippen LogP contribution in [-0.2, 0) is 15.9 Å². The monoisotopic (exact) mass is 216 g/mol. The third-order valence-electron chi connectivity index (χ3n) is 2.21. The fraction of sp³-hybridized carbons (Fsp3) is 0.455. The van der Waals surface area contributed by atoms with Crippen LogP contribution in [0, 0.1) is 11.6 Å². The van der Waals surface area contributed by atoms with Crippen molar-refractivity contribution in [1.29, 1.82) is 0 Å². The molecule has 0 heterocycles. The SMILES string of the molecule is CCc1cc(F)c(C(OC)OC)c(F)c1. The minimum atomic E-state index is -1.00. The fourth-order valence-electron chi connectivity index (χ4n) is 1.40. The van der Waals surface area contributed by atoms with Crippen molar-refractivity contribution in [2.24, 2.45) is 0 Å². The highest BCUT2D eigenvalue weighted by Crippen LogP contribution is 2.25. The molecule has 0 unspecified atom stereocenters. The summed E-state index contributed by atoms with van der Waals surface area (Å²) in [7, 11) is 2.67. The highest BCUT2D eigenvalue weighted by atomic mass is 19.1. The number of hydrogen-bond acceptors (Lipinski definition) is 2. The van der Waals surface area contributed by atoms with E-state index in [-0.39, 0.29) is 5.56 Å². The van der Waals surface area contributed by atoms with E-state index in [1.165, 1.54) is 26.4 Å². The molecule has 0 spiro atoms. The van der Waals surface area contributed by atoms with E-state index in [1.54, 1.807) is 0 Å². The van der Waals surface area contributed by atoms with Gasteiger partial charge in [0.15, 0.2) is 6.29 Å². The lowest BCUT2D eigenvalue weighted by atomic mass is 10.1. The summed E-state index contributed by atoms with van der Waals surface area (Å²) in [6, 6.07) is 2.59. The first kappa shape index (κ1) is 12.1. The van der Waals surface area contributed by atoms with E-state index in [4.69, 9.17) is 9.47 Å². The van der Waals surface area contributed by atoms with Crippen molar-refractivity contribution < 1.29 is 18.3 Å². The summed E-state index contributed by atoms with van der Waals surface area (Å²) in [5.74, 6) is -1.28. The first-order chi connectivity index (χ1) is 7.13. The molecule has 0 aromatic heterocycles. The Hall–Kier alpha value is -1.00. The van der Waals surface area contributed by atoms with E-state index in [0.29, 0.717) is 12.0 Å². The lowest BCUT2D eigenvalue weighted by molar-refractivity contribution is -0.109. The van der Waals surface area contributed by atoms with Gasteiger partial charge in [-0.05, 0) is 24.1 Å². The van der Waals surface area contributed by atoms with Gasteiger partial charge in [0.2, 0.25) is 0 Å². The molecule has 1 rings (SSSR count). The summed E-state index contributed by atoms with van der Waals surface area (Å²) in [6.45, 7) is 1.83. The highest BCUT2D eigenvalue weighted by Gasteiger charge is 2.20. The maximum atomic E-state index is 13.5. The van der Waals surface area contributed by atoms with E-state index in [9.17, 15) is 8.78 Å². The molecule has 0 aliphatic rings. The fourth-order valence-corrected chi connectivity index (χ4v) is 1.40. The number of aryl methyl sites for hydroxylation is 1. The van der Waals surface area contributed by atoms with Crippen molar-refractivity contribution in [3.63, 3.8) is 0 Å². The zero-order valence-electron chi connectivity index (χ0n) is 9.01. The van der Waals surface area contributed by atoms with Crippen LogP contribution >= 0.6 is 0 Å². The largest absolute Gasteiger partial charge is 0.351 e. The standard InChI is InChI=1S/C11H14F2O2/c1-4-7-5-8(12)10(9(13)6-7)11(14-2)15-3/h5-6,11H,4H2,1-3H3. The van der Waals surface area contributed by atoms with Crippen molar-refractivity contribution in [2.75, 3.05) is 14.2 Å². The van der Waals surface area contributed by atoms with E-state index in [1.807, 2.05) is 6.92 Å². The van der Waals surface area contributed by atoms with Crippen molar-refractivity contribution in [3.05, 3.63) is 34.9 Å². The van der Waals surface area contributed by atoms with Crippen LogP contribution in [0.5, 0.6) is 0 Å². The predicted molar refractivity (Wildman–Crippen MR) is 52.5 cm³/mol. The number of rotatable bonds is 4. The minimum Gasteiger partial charge on any atom is -0.351 e. The summed E-state index contributed by atoms with van der Waals surface area (Å²) in [5.41, 5.74) is 0.428. The number of halogens is 2. The van der Waals surface area contributed by atoms with Gasteiger partial charge < -0.3 is 9.47 Å². The Bertz CT molecular complexity index is 312. The smallest absolute Gasteiger partial charge is 0.188 e. The summed E-state index contributed by atoms with van der Waals surface area (Å²) in [4.78, 5) is 0. The average molecular weight is 216 g/mol. The van der Waals surface area contributed by atoms with Crippen LogP contribution in [0.3, 0.4) is 0 Å². The van der Waals surface area contributed by atoms with Gasteiger partial charge >= 0.3 is 0 Å². The van der Waals surface area contributed by atoms with Crippen LogP contribution in [0.2, 0.25) is 0 Å². The van der Waals surface area contributed by atoms with Gasteiger partial charge in [-0.25, -0.2) is 8.78 Å². The molecule has 0 aliphatic heterocycles. The van der Waals surface area contributed by atoms with Crippen LogP contribution in [0.25, 0.3) is 0 Å². The second-order valence-corrected chi connectivity index (χ2v) is 3.13. The minimum absolute atomic E-state index is 0.183. The molecule has 1 aromatic rings. The third-order valence-corrected chi connectivity index (χ3v) is 2.21. The van der Waals surface area contributed by atoms with Gasteiger partial charge in [-0.15, -0.1) is 0 Å². The Morgan fingerprint density at radius 2 is 1.60 bits per heavy atom. The molecule has 0 atom stereocenters. The third kappa shape index (κ3) is 2.52. The van der Waals surface area contributed by atoms with Crippen molar-refractivity contribution in [2.45, 2.75) is 19.6 Å². The van der Waals surface area contributed by atoms with Gasteiger partial charge in [0.05, 0.1) is 5.56 Å². The topological polar surface area (TPSA) is 18.5 Å². The summed E-state index contributed by atoms with van der Waals surface area (Å²) in [6.07, 6.45) is -0.422. The highest BCUT2D eigenvalue weighted by molar-refractivity contribution is 5.27. The van der Waals surface area contributed by atoms with Crippen molar-refractivity contribution in [1.82, 2.24) is 0 Å². The molecule has 0 amide bonds. The van der Waals surface area contributed by atoms with Crippen LogP contribution in [0.4, 0.5) is 8.78 Å². The van der Waals surface area contributed by atoms with E-state index >= 15 is 0 Å². The molecular weight excluding hydrogens is 202 g/mol. The van der Waals surface area contributed by atoms with Gasteiger partial charge in [0.1, 0.15) is 11.6 Å². The summed E-state index contributed by atoms with van der Waals surface area (Å²) in [5, 5.41) is 0. The number of benzene rings is 1. The Labute approximate surface area is 87.8 Å². The maximum Gasteiger partial charge on any atom is 0.188 e. The molecule has 0 bridgehead atoms. The van der Waals surface area contributed by atoms with E-state index in [2.05, 4.69) is 0 Å². The first-order valence-electron chi connectivity index (χ1n) is 4.67. The molecule has 0 N–H and O–H groups in total. The van der Waals surface area contributed by atoms with Gasteiger partial charge in [-0.3, -0.25) is 0 Å². The molecule has 0 aliphatic carbocycles. The average Bonchev–Trinajstić information content (AvgIpc) is 2.23. The van der Waals surface area contributed by atoms with Crippen LogP contribution in [0.15, 0.2) is 12.1 Å². The molecule has 0 saturated heterocycles. The Balaban J connectivity index is 3.18. The van der Waals surface area contributed by atoms with Crippen LogP contribution in [-0.4, -0.2) is 14.2 Å². The molecular formula is C11H14F2O2. The van der Waals surface area contributed by atoms with Crippen LogP contribution in [0.1, 0.15) is 24.3 Å². The molecule has 0 radical (unpaired) electrons. The molecule has 84 valence electrons. The number of hydrogen-bond donors (Lipinski definition) is 0. The first-order valence-corrected chi connectivity index (χ1v) is 4.67. The molecule has 0 fully saturated rings. The van der Waals surface area contributed by atoms with Gasteiger partial charge in [-0.2, -0.15) is 0 Å². The Morgan fingerprint density at radius 3 is 1.93 bits per heavy atom. The van der Waals surface area contributed by atoms with E-state index < -0.39 is 17.9 Å². The van der Waals surface area contributed by atoms with Crippen LogP contribution < -0.4 is 0 Å². The zero-order chi connectivity index (χ0) is 11.4. The Morgan fingerprint density at radius 1 is 1.13 bits per heavy atom. The predicted octanol–water partition coefficient (Wildman–Crippen LogP) is 2.82. The number of ether oxygens (including phenoxy) is 2. The quantitative estimate of drug-likeness (QED) is 0.720. The van der Waals surface area contributed by atoms with Gasteiger partial charge in [0.25, 0.3) is 0 Å². The molecule has 1 aromatic carbocycles. The second kappa shape index (κ2) is 5.19. The summed E-state index contributed by atoms with van der Waals surface area (Å²) >= 11 is 0. The zero-order valence-corrected chi connectivity index (χ0v) is 9.01. The normalized spacial score (nSPS) is 11.1. The van der Waals surface area contributed by atoms with Crippen molar-refractivity contribution >= 4 is 0 Å².